The van der Waals surface area contributed by atoms with Crippen LogP contribution in [0.25, 0.3) is 0 Å². The third-order valence-corrected chi connectivity index (χ3v) is 6.76. The zero-order chi connectivity index (χ0) is 19.3. The lowest BCUT2D eigenvalue weighted by molar-refractivity contribution is -0.141. The molecule has 0 unspecified atom stereocenters. The van der Waals surface area contributed by atoms with Crippen molar-refractivity contribution in [2.24, 2.45) is 11.8 Å². The van der Waals surface area contributed by atoms with E-state index in [1.165, 1.54) is 19.3 Å². The molecule has 1 aromatic rings. The van der Waals surface area contributed by atoms with Crippen molar-refractivity contribution in [3.8, 4) is 0 Å². The smallest absolute Gasteiger partial charge is 0.237 e. The van der Waals surface area contributed by atoms with Crippen LogP contribution >= 0.6 is 0 Å². The van der Waals surface area contributed by atoms with Crippen LogP contribution in [-0.4, -0.2) is 58.8 Å². The highest BCUT2D eigenvalue weighted by molar-refractivity contribution is 5.82. The second-order valence-electron chi connectivity index (χ2n) is 8.52. The number of nitrogens with one attached hydrogen (secondary N) is 1. The minimum Gasteiger partial charge on any atom is -0.349 e. The summed E-state index contributed by atoms with van der Waals surface area (Å²) in [6.45, 7) is 3.59. The number of aromatic nitrogens is 1. The number of carbonyl (C=O) groups excluding carboxylic acids is 2. The van der Waals surface area contributed by atoms with Gasteiger partial charge in [-0.3, -0.25) is 19.5 Å². The summed E-state index contributed by atoms with van der Waals surface area (Å²) in [5, 5.41) is 3.12. The Hall–Kier alpha value is -1.95. The molecule has 3 fully saturated rings. The zero-order valence-corrected chi connectivity index (χ0v) is 16.7. The average Bonchev–Trinajstić information content (AvgIpc) is 3.21. The van der Waals surface area contributed by atoms with E-state index >= 15 is 0 Å². The molecular formula is C22H32N4O2. The van der Waals surface area contributed by atoms with Gasteiger partial charge in [0.25, 0.3) is 0 Å². The molecule has 0 radical (unpaired) electrons. The quantitative estimate of drug-likeness (QED) is 0.817. The molecule has 3 aliphatic rings. The van der Waals surface area contributed by atoms with Gasteiger partial charge in [0.15, 0.2) is 0 Å². The second-order valence-corrected chi connectivity index (χ2v) is 8.52. The number of nitrogens with zero attached hydrogens (tertiary/aromatic N) is 3. The van der Waals surface area contributed by atoms with Gasteiger partial charge >= 0.3 is 0 Å². The van der Waals surface area contributed by atoms with Crippen LogP contribution < -0.4 is 5.32 Å². The van der Waals surface area contributed by atoms with Crippen LogP contribution in [0, 0.1) is 11.8 Å². The Labute approximate surface area is 167 Å². The van der Waals surface area contributed by atoms with E-state index in [1.807, 2.05) is 23.1 Å². The molecule has 6 nitrogen and oxygen atoms in total. The number of rotatable bonds is 6. The van der Waals surface area contributed by atoms with E-state index in [-0.39, 0.29) is 17.9 Å². The molecule has 1 aliphatic heterocycles. The van der Waals surface area contributed by atoms with Crippen molar-refractivity contribution in [1.29, 1.82) is 0 Å². The maximum atomic E-state index is 13.1. The van der Waals surface area contributed by atoms with E-state index < -0.39 is 0 Å². The standard InChI is InChI=1S/C22H32N4O2/c27-21(24-16-19-10-3-4-11-23-19)20(17-6-1-2-7-17)25-12-14-26(15-13-25)22(28)18-8-5-9-18/h3-4,10-11,17-18,20H,1-2,5-9,12-16H2,(H,24,27)/t20-/m0/s1. The van der Waals surface area contributed by atoms with Crippen molar-refractivity contribution in [1.82, 2.24) is 20.1 Å². The van der Waals surface area contributed by atoms with Gasteiger partial charge in [0, 0.05) is 38.3 Å². The van der Waals surface area contributed by atoms with E-state index in [1.54, 1.807) is 6.20 Å². The fourth-order valence-corrected chi connectivity index (χ4v) is 4.87. The summed E-state index contributed by atoms with van der Waals surface area (Å²) in [5.41, 5.74) is 0.886. The van der Waals surface area contributed by atoms with Crippen molar-refractivity contribution in [3.05, 3.63) is 30.1 Å². The Morgan fingerprint density at radius 2 is 1.79 bits per heavy atom. The Balaban J connectivity index is 1.36. The summed E-state index contributed by atoms with van der Waals surface area (Å²) in [6.07, 6.45) is 9.75. The van der Waals surface area contributed by atoms with Crippen LogP contribution in [-0.2, 0) is 16.1 Å². The van der Waals surface area contributed by atoms with Crippen molar-refractivity contribution in [3.63, 3.8) is 0 Å². The summed E-state index contributed by atoms with van der Waals surface area (Å²) in [4.78, 5) is 34.3. The molecule has 2 heterocycles. The summed E-state index contributed by atoms with van der Waals surface area (Å²) in [5.74, 6) is 1.15. The van der Waals surface area contributed by atoms with Gasteiger partial charge in [-0.25, -0.2) is 0 Å². The highest BCUT2D eigenvalue weighted by Gasteiger charge is 2.38. The van der Waals surface area contributed by atoms with Crippen molar-refractivity contribution < 1.29 is 9.59 Å². The molecule has 6 heteroatoms. The van der Waals surface area contributed by atoms with Crippen molar-refractivity contribution in [2.45, 2.75) is 57.5 Å². The van der Waals surface area contributed by atoms with Gasteiger partial charge < -0.3 is 10.2 Å². The van der Waals surface area contributed by atoms with E-state index in [9.17, 15) is 9.59 Å². The predicted octanol–water partition coefficient (Wildman–Crippen LogP) is 2.20. The van der Waals surface area contributed by atoms with Gasteiger partial charge in [-0.05, 0) is 43.7 Å². The first-order chi connectivity index (χ1) is 13.7. The SMILES string of the molecule is O=C(NCc1ccccn1)[C@H](C1CCCC1)N1CCN(C(=O)C2CCC2)CC1. The third kappa shape index (κ3) is 4.37. The first kappa shape index (κ1) is 19.4. The molecular weight excluding hydrogens is 352 g/mol. The van der Waals surface area contributed by atoms with Crippen LogP contribution in [0.2, 0.25) is 0 Å². The number of carbonyl (C=O) groups is 2. The van der Waals surface area contributed by atoms with Crippen molar-refractivity contribution >= 4 is 11.8 Å². The molecule has 2 saturated carbocycles. The number of hydrogen-bond acceptors (Lipinski definition) is 4. The third-order valence-electron chi connectivity index (χ3n) is 6.76. The van der Waals surface area contributed by atoms with Gasteiger partial charge in [-0.15, -0.1) is 0 Å². The minimum atomic E-state index is -0.0767. The molecule has 0 bridgehead atoms. The number of piperazine rings is 1. The Morgan fingerprint density at radius 3 is 2.39 bits per heavy atom. The highest BCUT2D eigenvalue weighted by Crippen LogP contribution is 2.32. The maximum Gasteiger partial charge on any atom is 0.237 e. The fourth-order valence-electron chi connectivity index (χ4n) is 4.87. The van der Waals surface area contributed by atoms with Crippen LogP contribution in [0.5, 0.6) is 0 Å². The van der Waals surface area contributed by atoms with E-state index in [4.69, 9.17) is 0 Å². The maximum absolute atomic E-state index is 13.1. The van der Waals surface area contributed by atoms with Crippen LogP contribution in [0.4, 0.5) is 0 Å². The number of amides is 2. The Morgan fingerprint density at radius 1 is 1.04 bits per heavy atom. The lowest BCUT2D eigenvalue weighted by atomic mass is 9.84. The summed E-state index contributed by atoms with van der Waals surface area (Å²) < 4.78 is 0. The van der Waals surface area contributed by atoms with Gasteiger partial charge in [0.1, 0.15) is 0 Å². The van der Waals surface area contributed by atoms with Gasteiger partial charge in [-0.1, -0.05) is 25.3 Å². The average molecular weight is 385 g/mol. The zero-order valence-electron chi connectivity index (χ0n) is 16.7. The monoisotopic (exact) mass is 384 g/mol. The summed E-state index contributed by atoms with van der Waals surface area (Å²) >= 11 is 0. The fraction of sp³-hybridized carbons (Fsp3) is 0.682. The Bertz CT molecular complexity index is 662. The molecule has 1 atom stereocenters. The number of pyridine rings is 1. The summed E-state index contributed by atoms with van der Waals surface area (Å²) in [7, 11) is 0. The first-order valence-electron chi connectivity index (χ1n) is 10.9. The minimum absolute atomic E-state index is 0.0767. The second kappa shape index (κ2) is 9.03. The topological polar surface area (TPSA) is 65.5 Å². The molecule has 1 saturated heterocycles. The predicted molar refractivity (Wildman–Crippen MR) is 107 cm³/mol. The lowest BCUT2D eigenvalue weighted by Gasteiger charge is -2.42. The number of hydrogen-bond donors (Lipinski definition) is 1. The Kier molecular flexibility index (Phi) is 6.25. The van der Waals surface area contributed by atoms with Crippen LogP contribution in [0.15, 0.2) is 24.4 Å². The first-order valence-corrected chi connectivity index (χ1v) is 10.9. The molecule has 152 valence electrons. The lowest BCUT2D eigenvalue weighted by Crippen LogP contribution is -2.58. The van der Waals surface area contributed by atoms with Crippen LogP contribution in [0.3, 0.4) is 0 Å². The van der Waals surface area contributed by atoms with Gasteiger partial charge in [0.2, 0.25) is 11.8 Å². The summed E-state index contributed by atoms with van der Waals surface area (Å²) in [6, 6.07) is 5.70. The largest absolute Gasteiger partial charge is 0.349 e. The molecule has 1 N–H and O–H groups in total. The molecule has 0 aromatic carbocycles. The van der Waals surface area contributed by atoms with Gasteiger partial charge in [0.05, 0.1) is 18.3 Å². The van der Waals surface area contributed by atoms with E-state index in [0.717, 1.165) is 57.6 Å². The van der Waals surface area contributed by atoms with Crippen LogP contribution in [0.1, 0.15) is 50.6 Å². The molecule has 28 heavy (non-hydrogen) atoms. The molecule has 4 rings (SSSR count). The molecule has 2 amide bonds. The molecule has 2 aliphatic carbocycles. The van der Waals surface area contributed by atoms with Crippen molar-refractivity contribution in [2.75, 3.05) is 26.2 Å². The normalized spacial score (nSPS) is 22.6. The highest BCUT2D eigenvalue weighted by atomic mass is 16.2. The molecule has 0 spiro atoms. The van der Waals surface area contributed by atoms with E-state index in [2.05, 4.69) is 15.2 Å². The molecule has 1 aromatic heterocycles. The van der Waals surface area contributed by atoms with E-state index in [0.29, 0.717) is 18.4 Å². The van der Waals surface area contributed by atoms with Gasteiger partial charge in [-0.2, -0.15) is 0 Å².